The molecular formula is C16H19F. The molecule has 0 unspecified atom stereocenters. The second-order valence-electron chi connectivity index (χ2n) is 4.13. The van der Waals surface area contributed by atoms with Gasteiger partial charge < -0.3 is 0 Å². The van der Waals surface area contributed by atoms with E-state index in [0.29, 0.717) is 0 Å². The van der Waals surface area contributed by atoms with Crippen LogP contribution in [0.5, 0.6) is 0 Å². The first-order chi connectivity index (χ1) is 8.11. The van der Waals surface area contributed by atoms with Gasteiger partial charge in [-0.3, -0.25) is 0 Å². The summed E-state index contributed by atoms with van der Waals surface area (Å²) in [5.41, 5.74) is 3.85. The van der Waals surface area contributed by atoms with E-state index in [1.165, 1.54) is 23.3 Å². The maximum absolute atomic E-state index is 12.1. The van der Waals surface area contributed by atoms with Crippen molar-refractivity contribution in [1.29, 1.82) is 0 Å². The van der Waals surface area contributed by atoms with Crippen molar-refractivity contribution < 1.29 is 4.39 Å². The lowest BCUT2D eigenvalue weighted by atomic mass is 10.1. The Morgan fingerprint density at radius 3 is 1.53 bits per heavy atom. The van der Waals surface area contributed by atoms with Crippen LogP contribution in [-0.4, -0.2) is 0 Å². The minimum absolute atomic E-state index is 0.171. The lowest BCUT2D eigenvalue weighted by Gasteiger charge is -1.94. The Hall–Kier alpha value is -1.63. The Bertz CT molecular complexity index is 405. The summed E-state index contributed by atoms with van der Waals surface area (Å²) in [6.45, 7) is 6.21. The van der Waals surface area contributed by atoms with Crippen molar-refractivity contribution in [2.45, 2.75) is 27.2 Å². The van der Waals surface area contributed by atoms with Crippen molar-refractivity contribution in [2.24, 2.45) is 0 Å². The van der Waals surface area contributed by atoms with Gasteiger partial charge in [0.25, 0.3) is 0 Å². The average molecular weight is 230 g/mol. The SMILES string of the molecule is CCc1ccc(C)cc1.Cc1ccc(F)cc1. The standard InChI is InChI=1S/C9H12.C7H7F/c1-3-9-6-4-8(2)5-7-9;1-6-2-4-7(8)5-3-6/h4-7H,3H2,1-2H3;2-5H,1H3. The smallest absolute Gasteiger partial charge is 0.123 e. The minimum Gasteiger partial charge on any atom is -0.207 e. The Balaban J connectivity index is 0.000000171. The molecule has 0 radical (unpaired) electrons. The van der Waals surface area contributed by atoms with E-state index in [2.05, 4.69) is 38.1 Å². The molecule has 1 heteroatoms. The van der Waals surface area contributed by atoms with Gasteiger partial charge in [0.15, 0.2) is 0 Å². The maximum Gasteiger partial charge on any atom is 0.123 e. The number of aryl methyl sites for hydroxylation is 3. The highest BCUT2D eigenvalue weighted by Crippen LogP contribution is 2.02. The fourth-order valence-corrected chi connectivity index (χ4v) is 1.36. The van der Waals surface area contributed by atoms with Crippen molar-refractivity contribution >= 4 is 0 Å². The van der Waals surface area contributed by atoms with Gasteiger partial charge >= 0.3 is 0 Å². The zero-order valence-electron chi connectivity index (χ0n) is 10.7. The zero-order valence-corrected chi connectivity index (χ0v) is 10.7. The molecule has 0 atom stereocenters. The van der Waals surface area contributed by atoms with E-state index in [4.69, 9.17) is 0 Å². The largest absolute Gasteiger partial charge is 0.207 e. The summed E-state index contributed by atoms with van der Waals surface area (Å²) in [5.74, 6) is -0.171. The summed E-state index contributed by atoms with van der Waals surface area (Å²) in [7, 11) is 0. The molecule has 0 fully saturated rings. The predicted molar refractivity (Wildman–Crippen MR) is 71.7 cm³/mol. The number of hydrogen-bond acceptors (Lipinski definition) is 0. The van der Waals surface area contributed by atoms with Crippen LogP contribution in [0.2, 0.25) is 0 Å². The molecule has 0 heterocycles. The molecule has 0 nitrogen and oxygen atoms in total. The molecule has 2 rings (SSSR count). The predicted octanol–water partition coefficient (Wildman–Crippen LogP) is 4.69. The van der Waals surface area contributed by atoms with Gasteiger partial charge in [-0.2, -0.15) is 0 Å². The van der Waals surface area contributed by atoms with Gasteiger partial charge in [0.1, 0.15) is 5.82 Å². The highest BCUT2D eigenvalue weighted by Gasteiger charge is 1.85. The first-order valence-corrected chi connectivity index (χ1v) is 5.89. The highest BCUT2D eigenvalue weighted by molar-refractivity contribution is 5.20. The number of halogens is 1. The molecule has 90 valence electrons. The normalized spacial score (nSPS) is 9.41. The minimum atomic E-state index is -0.171. The molecule has 0 aliphatic carbocycles. The molecule has 0 spiro atoms. The van der Waals surface area contributed by atoms with Gasteiger partial charge in [-0.05, 0) is 38.0 Å². The van der Waals surface area contributed by atoms with Gasteiger partial charge in [-0.1, -0.05) is 54.4 Å². The molecule has 17 heavy (non-hydrogen) atoms. The first kappa shape index (κ1) is 13.4. The van der Waals surface area contributed by atoms with E-state index in [0.717, 1.165) is 12.0 Å². The zero-order chi connectivity index (χ0) is 12.7. The van der Waals surface area contributed by atoms with Crippen molar-refractivity contribution in [3.05, 3.63) is 71.0 Å². The monoisotopic (exact) mass is 230 g/mol. The van der Waals surface area contributed by atoms with Gasteiger partial charge in [0, 0.05) is 0 Å². The molecule has 2 aromatic rings. The maximum atomic E-state index is 12.1. The van der Waals surface area contributed by atoms with E-state index in [1.54, 1.807) is 12.1 Å². The van der Waals surface area contributed by atoms with Gasteiger partial charge in [-0.25, -0.2) is 4.39 Å². The summed E-state index contributed by atoms with van der Waals surface area (Å²) in [5, 5.41) is 0. The molecule has 0 saturated heterocycles. The van der Waals surface area contributed by atoms with Crippen molar-refractivity contribution in [1.82, 2.24) is 0 Å². The van der Waals surface area contributed by atoms with Crippen LogP contribution >= 0.6 is 0 Å². The average Bonchev–Trinajstić information content (AvgIpc) is 2.35. The second kappa shape index (κ2) is 6.85. The Labute approximate surface area is 103 Å². The molecule has 0 amide bonds. The first-order valence-electron chi connectivity index (χ1n) is 5.89. The summed E-state index contributed by atoms with van der Waals surface area (Å²) in [6.07, 6.45) is 1.14. The van der Waals surface area contributed by atoms with Crippen LogP contribution in [0.4, 0.5) is 4.39 Å². The molecular weight excluding hydrogens is 211 g/mol. The fourth-order valence-electron chi connectivity index (χ4n) is 1.36. The quantitative estimate of drug-likeness (QED) is 0.666. The fraction of sp³-hybridized carbons (Fsp3) is 0.250. The molecule has 0 aromatic heterocycles. The van der Waals surface area contributed by atoms with Crippen molar-refractivity contribution in [3.63, 3.8) is 0 Å². The van der Waals surface area contributed by atoms with Crippen LogP contribution < -0.4 is 0 Å². The third kappa shape index (κ3) is 5.30. The Kier molecular flexibility index (Phi) is 5.41. The van der Waals surface area contributed by atoms with Gasteiger partial charge in [-0.15, -0.1) is 0 Å². The Morgan fingerprint density at radius 1 is 0.765 bits per heavy atom. The number of rotatable bonds is 1. The third-order valence-corrected chi connectivity index (χ3v) is 2.54. The van der Waals surface area contributed by atoms with Crippen LogP contribution in [0.1, 0.15) is 23.6 Å². The van der Waals surface area contributed by atoms with E-state index >= 15 is 0 Å². The van der Waals surface area contributed by atoms with Crippen molar-refractivity contribution in [2.75, 3.05) is 0 Å². The topological polar surface area (TPSA) is 0 Å². The van der Waals surface area contributed by atoms with Gasteiger partial charge in [0.05, 0.1) is 0 Å². The summed E-state index contributed by atoms with van der Waals surface area (Å²) in [6, 6.07) is 15.1. The van der Waals surface area contributed by atoms with Gasteiger partial charge in [0.2, 0.25) is 0 Å². The van der Waals surface area contributed by atoms with E-state index in [9.17, 15) is 4.39 Å². The second-order valence-corrected chi connectivity index (χ2v) is 4.13. The molecule has 0 bridgehead atoms. The van der Waals surface area contributed by atoms with E-state index < -0.39 is 0 Å². The van der Waals surface area contributed by atoms with E-state index in [-0.39, 0.29) is 5.82 Å². The van der Waals surface area contributed by atoms with Crippen LogP contribution in [0, 0.1) is 19.7 Å². The lowest BCUT2D eigenvalue weighted by molar-refractivity contribution is 0.627. The Morgan fingerprint density at radius 2 is 1.18 bits per heavy atom. The summed E-state index contributed by atoms with van der Waals surface area (Å²) >= 11 is 0. The third-order valence-electron chi connectivity index (χ3n) is 2.54. The van der Waals surface area contributed by atoms with Crippen LogP contribution in [0.15, 0.2) is 48.5 Å². The molecule has 0 saturated carbocycles. The van der Waals surface area contributed by atoms with Crippen molar-refractivity contribution in [3.8, 4) is 0 Å². The summed E-state index contributed by atoms with van der Waals surface area (Å²) in [4.78, 5) is 0. The summed E-state index contributed by atoms with van der Waals surface area (Å²) < 4.78 is 12.1. The number of hydrogen-bond donors (Lipinski definition) is 0. The van der Waals surface area contributed by atoms with Crippen LogP contribution in [0.3, 0.4) is 0 Å². The van der Waals surface area contributed by atoms with E-state index in [1.807, 2.05) is 6.92 Å². The van der Waals surface area contributed by atoms with Crippen LogP contribution in [-0.2, 0) is 6.42 Å². The molecule has 2 aromatic carbocycles. The number of benzene rings is 2. The molecule has 0 aliphatic heterocycles. The molecule has 0 N–H and O–H groups in total. The van der Waals surface area contributed by atoms with Crippen LogP contribution in [0.25, 0.3) is 0 Å². The molecule has 0 aliphatic rings. The highest BCUT2D eigenvalue weighted by atomic mass is 19.1. The lowest BCUT2D eigenvalue weighted by Crippen LogP contribution is -1.77.